The van der Waals surface area contributed by atoms with Gasteiger partial charge < -0.3 is 0 Å². The number of benzene rings is 3. The third-order valence-corrected chi connectivity index (χ3v) is 7.57. The second kappa shape index (κ2) is 11.6. The van der Waals surface area contributed by atoms with E-state index in [4.69, 9.17) is 9.97 Å². The molecule has 0 fully saturated rings. The highest BCUT2D eigenvalue weighted by Gasteiger charge is 2.12. The predicted octanol–water partition coefficient (Wildman–Crippen LogP) is 9.58. The van der Waals surface area contributed by atoms with Crippen molar-refractivity contribution in [2.75, 3.05) is 0 Å². The molecular weight excluding hydrogens is 524 g/mol. The number of aryl methyl sites for hydroxylation is 1. The van der Waals surface area contributed by atoms with Crippen LogP contribution in [0.3, 0.4) is 0 Å². The molecule has 0 aliphatic heterocycles. The maximum atomic E-state index is 4.70. The molecule has 204 valence electrons. The molecule has 0 aliphatic rings. The largest absolute Gasteiger partial charge is 0.255 e. The van der Waals surface area contributed by atoms with Gasteiger partial charge in [-0.2, -0.15) is 0 Å². The molecule has 7 aromatic rings. The Balaban J connectivity index is 1.22. The first-order valence-corrected chi connectivity index (χ1v) is 14.3. The average Bonchev–Trinajstić information content (AvgIpc) is 3.09. The monoisotopic (exact) mass is 552 g/mol. The van der Waals surface area contributed by atoms with Crippen LogP contribution in [-0.4, -0.2) is 19.9 Å². The number of hydrogen-bond donors (Lipinski definition) is 0. The van der Waals surface area contributed by atoms with E-state index in [1.54, 1.807) is 12.4 Å². The molecule has 4 aromatic heterocycles. The Bertz CT molecular complexity index is 2000. The summed E-state index contributed by atoms with van der Waals surface area (Å²) in [6, 6.07) is 44.1. The van der Waals surface area contributed by atoms with Crippen molar-refractivity contribution in [3.63, 3.8) is 0 Å². The Labute approximate surface area is 251 Å². The molecule has 0 saturated heterocycles. The Hall–Kier alpha value is -5.74. The zero-order valence-corrected chi connectivity index (χ0v) is 23.7. The standard InChI is InChI=1S/C39H28N4/c1-27-14-17-34(30-10-6-8-28(23-30)32-15-18-38(42-25-32)36-12-2-4-20-40-36)35(22-27)31-11-7-9-29(24-31)33-16-19-39(43-26-33)37-13-3-5-21-41-37/h2-26H,1H3. The molecule has 0 spiro atoms. The number of pyridine rings is 4. The van der Waals surface area contributed by atoms with Crippen LogP contribution in [0.25, 0.3) is 67.3 Å². The van der Waals surface area contributed by atoms with Crippen molar-refractivity contribution in [1.29, 1.82) is 0 Å². The van der Waals surface area contributed by atoms with Crippen LogP contribution < -0.4 is 0 Å². The van der Waals surface area contributed by atoms with E-state index in [2.05, 4.69) is 95.8 Å². The molecule has 7 rings (SSSR count). The molecule has 4 heterocycles. The number of hydrogen-bond acceptors (Lipinski definition) is 4. The fourth-order valence-electron chi connectivity index (χ4n) is 5.34. The highest BCUT2D eigenvalue weighted by Crippen LogP contribution is 2.36. The van der Waals surface area contributed by atoms with Crippen molar-refractivity contribution >= 4 is 0 Å². The summed E-state index contributed by atoms with van der Waals surface area (Å²) in [5.74, 6) is 0. The van der Waals surface area contributed by atoms with Gasteiger partial charge in [0.05, 0.1) is 22.8 Å². The van der Waals surface area contributed by atoms with Crippen LogP contribution >= 0.6 is 0 Å². The van der Waals surface area contributed by atoms with Crippen molar-refractivity contribution in [1.82, 2.24) is 19.9 Å². The lowest BCUT2D eigenvalue weighted by molar-refractivity contribution is 1.25. The molecule has 0 N–H and O–H groups in total. The SMILES string of the molecule is Cc1ccc(-c2cccc(-c3ccc(-c4ccccn4)nc3)c2)c(-c2cccc(-c3ccc(-c4ccccn4)nc3)c2)c1. The van der Waals surface area contributed by atoms with Crippen LogP contribution in [0.1, 0.15) is 5.56 Å². The average molecular weight is 553 g/mol. The van der Waals surface area contributed by atoms with Crippen LogP contribution in [0, 0.1) is 6.92 Å². The highest BCUT2D eigenvalue weighted by atomic mass is 14.8. The Kier molecular flexibility index (Phi) is 7.08. The quantitative estimate of drug-likeness (QED) is 0.206. The van der Waals surface area contributed by atoms with E-state index in [1.807, 2.05) is 60.9 Å². The number of rotatable bonds is 6. The van der Waals surface area contributed by atoms with E-state index >= 15 is 0 Å². The molecule has 3 aromatic carbocycles. The topological polar surface area (TPSA) is 51.6 Å². The minimum atomic E-state index is 0.864. The van der Waals surface area contributed by atoms with Gasteiger partial charge in [0.25, 0.3) is 0 Å². The Morgan fingerprint density at radius 1 is 0.349 bits per heavy atom. The molecule has 0 atom stereocenters. The molecule has 0 bridgehead atoms. The van der Waals surface area contributed by atoms with E-state index in [9.17, 15) is 0 Å². The zero-order chi connectivity index (χ0) is 29.0. The maximum Gasteiger partial charge on any atom is 0.0886 e. The summed E-state index contributed by atoms with van der Waals surface area (Å²) in [7, 11) is 0. The number of nitrogens with zero attached hydrogens (tertiary/aromatic N) is 4. The van der Waals surface area contributed by atoms with Crippen LogP contribution in [0.15, 0.2) is 152 Å². The molecule has 0 unspecified atom stereocenters. The van der Waals surface area contributed by atoms with Gasteiger partial charge in [0.2, 0.25) is 0 Å². The van der Waals surface area contributed by atoms with Crippen molar-refractivity contribution in [3.05, 3.63) is 158 Å². The van der Waals surface area contributed by atoms with Gasteiger partial charge in [-0.25, -0.2) is 0 Å². The van der Waals surface area contributed by atoms with Gasteiger partial charge in [-0.15, -0.1) is 0 Å². The highest BCUT2D eigenvalue weighted by molar-refractivity contribution is 5.87. The molecule has 0 radical (unpaired) electrons. The summed E-state index contributed by atoms with van der Waals surface area (Å²) in [6.45, 7) is 2.14. The van der Waals surface area contributed by atoms with Gasteiger partial charge in [0.15, 0.2) is 0 Å². The predicted molar refractivity (Wildman–Crippen MR) is 175 cm³/mol. The summed E-state index contributed by atoms with van der Waals surface area (Å²) in [5.41, 5.74) is 13.8. The van der Waals surface area contributed by atoms with Crippen molar-refractivity contribution < 1.29 is 0 Å². The first kappa shape index (κ1) is 26.2. The van der Waals surface area contributed by atoms with Crippen molar-refractivity contribution in [3.8, 4) is 67.3 Å². The first-order valence-electron chi connectivity index (χ1n) is 14.3. The number of aromatic nitrogens is 4. The van der Waals surface area contributed by atoms with Gasteiger partial charge in [-0.3, -0.25) is 19.9 Å². The van der Waals surface area contributed by atoms with E-state index in [-0.39, 0.29) is 0 Å². The van der Waals surface area contributed by atoms with E-state index in [1.165, 1.54) is 16.7 Å². The van der Waals surface area contributed by atoms with E-state index < -0.39 is 0 Å². The molecule has 0 amide bonds. The van der Waals surface area contributed by atoms with Crippen LogP contribution in [0.5, 0.6) is 0 Å². The minimum absolute atomic E-state index is 0.864. The van der Waals surface area contributed by atoms with Gasteiger partial charge in [-0.1, -0.05) is 84.4 Å². The molecule has 0 saturated carbocycles. The Morgan fingerprint density at radius 3 is 1.35 bits per heavy atom. The fraction of sp³-hybridized carbons (Fsp3) is 0.0256. The third kappa shape index (κ3) is 5.59. The summed E-state index contributed by atoms with van der Waals surface area (Å²) in [5, 5.41) is 0. The van der Waals surface area contributed by atoms with Crippen molar-refractivity contribution in [2.45, 2.75) is 6.92 Å². The van der Waals surface area contributed by atoms with Crippen LogP contribution in [-0.2, 0) is 0 Å². The van der Waals surface area contributed by atoms with Gasteiger partial charge in [0.1, 0.15) is 0 Å². The lowest BCUT2D eigenvalue weighted by Crippen LogP contribution is -1.90. The zero-order valence-electron chi connectivity index (χ0n) is 23.7. The molecule has 4 nitrogen and oxygen atoms in total. The van der Waals surface area contributed by atoms with Crippen LogP contribution in [0.2, 0.25) is 0 Å². The van der Waals surface area contributed by atoms with Gasteiger partial charge >= 0.3 is 0 Å². The van der Waals surface area contributed by atoms with E-state index in [0.29, 0.717) is 0 Å². The summed E-state index contributed by atoms with van der Waals surface area (Å²) in [4.78, 5) is 18.2. The van der Waals surface area contributed by atoms with Gasteiger partial charge in [-0.05, 0) is 88.8 Å². The Morgan fingerprint density at radius 2 is 0.860 bits per heavy atom. The van der Waals surface area contributed by atoms with E-state index in [0.717, 1.165) is 56.2 Å². The van der Waals surface area contributed by atoms with Gasteiger partial charge in [0, 0.05) is 35.9 Å². The minimum Gasteiger partial charge on any atom is -0.255 e. The molecule has 0 aliphatic carbocycles. The lowest BCUT2D eigenvalue weighted by Gasteiger charge is -2.14. The van der Waals surface area contributed by atoms with Crippen LogP contribution in [0.4, 0.5) is 0 Å². The van der Waals surface area contributed by atoms with Crippen molar-refractivity contribution in [2.24, 2.45) is 0 Å². The summed E-state index contributed by atoms with van der Waals surface area (Å²) < 4.78 is 0. The summed E-state index contributed by atoms with van der Waals surface area (Å²) >= 11 is 0. The third-order valence-electron chi connectivity index (χ3n) is 7.57. The lowest BCUT2D eigenvalue weighted by atomic mass is 9.90. The normalized spacial score (nSPS) is 10.9. The molecular formula is C39H28N4. The summed E-state index contributed by atoms with van der Waals surface area (Å²) in [6.07, 6.45) is 7.44. The molecule has 4 heteroatoms. The second-order valence-corrected chi connectivity index (χ2v) is 10.5. The first-order chi connectivity index (χ1) is 21.2. The fourth-order valence-corrected chi connectivity index (χ4v) is 5.34. The smallest absolute Gasteiger partial charge is 0.0886 e. The molecule has 43 heavy (non-hydrogen) atoms. The second-order valence-electron chi connectivity index (χ2n) is 10.5. The maximum absolute atomic E-state index is 4.70.